The molecule has 2 atom stereocenters. The fourth-order valence-electron chi connectivity index (χ4n) is 2.62. The third kappa shape index (κ3) is 2.45. The summed E-state index contributed by atoms with van der Waals surface area (Å²) in [7, 11) is 0. The van der Waals surface area contributed by atoms with Crippen LogP contribution in [0.25, 0.3) is 10.9 Å². The lowest BCUT2D eigenvalue weighted by Gasteiger charge is -2.21. The van der Waals surface area contributed by atoms with Crippen molar-refractivity contribution < 1.29 is 4.74 Å². The summed E-state index contributed by atoms with van der Waals surface area (Å²) in [6.45, 7) is 2.90. The number of hydrogen-bond acceptors (Lipinski definition) is 4. The van der Waals surface area contributed by atoms with Crippen molar-refractivity contribution >= 4 is 16.7 Å². The van der Waals surface area contributed by atoms with Gasteiger partial charge in [-0.1, -0.05) is 18.2 Å². The molecule has 0 radical (unpaired) electrons. The molecule has 0 saturated carbocycles. The Bertz CT molecular complexity index is 656. The van der Waals surface area contributed by atoms with Crippen LogP contribution >= 0.6 is 0 Å². The van der Waals surface area contributed by atoms with E-state index < -0.39 is 0 Å². The van der Waals surface area contributed by atoms with E-state index in [0.717, 1.165) is 30.4 Å². The zero-order valence-electron chi connectivity index (χ0n) is 11.5. The van der Waals surface area contributed by atoms with Crippen LogP contribution in [0.4, 0.5) is 5.82 Å². The Morgan fingerprint density at radius 3 is 3.05 bits per heavy atom. The minimum absolute atomic E-state index is 0.151. The van der Waals surface area contributed by atoms with Crippen LogP contribution in [0.5, 0.6) is 0 Å². The molecule has 3 rings (SSSR count). The van der Waals surface area contributed by atoms with E-state index in [9.17, 15) is 5.26 Å². The Labute approximate surface area is 118 Å². The van der Waals surface area contributed by atoms with Gasteiger partial charge in [0.05, 0.1) is 23.2 Å². The monoisotopic (exact) mass is 267 g/mol. The molecule has 1 saturated heterocycles. The lowest BCUT2D eigenvalue weighted by Crippen LogP contribution is -2.30. The van der Waals surface area contributed by atoms with E-state index >= 15 is 0 Å². The van der Waals surface area contributed by atoms with Crippen LogP contribution in [-0.2, 0) is 4.74 Å². The van der Waals surface area contributed by atoms with E-state index in [1.807, 2.05) is 30.3 Å². The second-order valence-electron chi connectivity index (χ2n) is 5.17. The summed E-state index contributed by atoms with van der Waals surface area (Å²) in [5.41, 5.74) is 1.47. The Morgan fingerprint density at radius 1 is 1.45 bits per heavy atom. The van der Waals surface area contributed by atoms with Gasteiger partial charge in [0.25, 0.3) is 0 Å². The Balaban J connectivity index is 1.91. The van der Waals surface area contributed by atoms with Crippen LogP contribution in [0.2, 0.25) is 0 Å². The molecule has 2 aromatic rings. The number of ether oxygens (including phenoxy) is 1. The molecule has 2 unspecified atom stereocenters. The van der Waals surface area contributed by atoms with E-state index in [1.165, 1.54) is 0 Å². The molecule has 2 heterocycles. The quantitative estimate of drug-likeness (QED) is 0.928. The molecule has 1 aromatic heterocycles. The Morgan fingerprint density at radius 2 is 2.30 bits per heavy atom. The fraction of sp³-hybridized carbons (Fsp3) is 0.375. The van der Waals surface area contributed by atoms with Gasteiger partial charge in [0, 0.05) is 12.0 Å². The average Bonchev–Trinajstić information content (AvgIpc) is 3.01. The zero-order chi connectivity index (χ0) is 13.9. The number of pyridine rings is 1. The number of benzene rings is 1. The highest BCUT2D eigenvalue weighted by atomic mass is 16.5. The Hall–Kier alpha value is -2.12. The third-order valence-corrected chi connectivity index (χ3v) is 3.73. The Kier molecular flexibility index (Phi) is 3.53. The van der Waals surface area contributed by atoms with Gasteiger partial charge in [-0.25, -0.2) is 4.98 Å². The standard InChI is InChI=1S/C16H17N3O/c1-11(15-7-4-8-20-15)18-16-13(10-17)9-12-5-2-3-6-14(12)19-16/h2-3,5-6,9,11,15H,4,7-8H2,1H3,(H,18,19). The number of rotatable bonds is 3. The van der Waals surface area contributed by atoms with Gasteiger partial charge in [0.2, 0.25) is 0 Å². The van der Waals surface area contributed by atoms with E-state index in [4.69, 9.17) is 4.74 Å². The molecule has 1 aromatic carbocycles. The van der Waals surface area contributed by atoms with Crippen molar-refractivity contribution in [2.75, 3.05) is 11.9 Å². The predicted octanol–water partition coefficient (Wildman–Crippen LogP) is 3.09. The van der Waals surface area contributed by atoms with Gasteiger partial charge in [0.15, 0.2) is 0 Å². The molecule has 0 bridgehead atoms. The molecule has 1 aliphatic rings. The molecule has 0 amide bonds. The molecule has 20 heavy (non-hydrogen) atoms. The van der Waals surface area contributed by atoms with Crippen molar-refractivity contribution in [3.05, 3.63) is 35.9 Å². The number of nitriles is 1. The molecular weight excluding hydrogens is 250 g/mol. The third-order valence-electron chi connectivity index (χ3n) is 3.73. The fourth-order valence-corrected chi connectivity index (χ4v) is 2.62. The molecular formula is C16H17N3O. The summed E-state index contributed by atoms with van der Waals surface area (Å²) in [5.74, 6) is 0.647. The van der Waals surface area contributed by atoms with Gasteiger partial charge < -0.3 is 10.1 Å². The minimum Gasteiger partial charge on any atom is -0.376 e. The topological polar surface area (TPSA) is 57.9 Å². The smallest absolute Gasteiger partial charge is 0.144 e. The maximum atomic E-state index is 9.29. The lowest BCUT2D eigenvalue weighted by atomic mass is 10.1. The predicted molar refractivity (Wildman–Crippen MR) is 78.5 cm³/mol. The number of aromatic nitrogens is 1. The number of hydrogen-bond donors (Lipinski definition) is 1. The average molecular weight is 267 g/mol. The van der Waals surface area contributed by atoms with Crippen molar-refractivity contribution in [2.45, 2.75) is 31.9 Å². The summed E-state index contributed by atoms with van der Waals surface area (Å²) in [4.78, 5) is 4.57. The molecule has 4 nitrogen and oxygen atoms in total. The second kappa shape index (κ2) is 5.48. The van der Waals surface area contributed by atoms with E-state index in [1.54, 1.807) is 0 Å². The zero-order valence-corrected chi connectivity index (χ0v) is 11.5. The van der Waals surface area contributed by atoms with Crippen LogP contribution in [-0.4, -0.2) is 23.7 Å². The number of nitrogens with zero attached hydrogens (tertiary/aromatic N) is 2. The summed E-state index contributed by atoms with van der Waals surface area (Å²) in [6.07, 6.45) is 2.37. The first kappa shape index (κ1) is 12.9. The van der Waals surface area contributed by atoms with Crippen molar-refractivity contribution in [3.63, 3.8) is 0 Å². The minimum atomic E-state index is 0.151. The second-order valence-corrected chi connectivity index (χ2v) is 5.17. The van der Waals surface area contributed by atoms with Gasteiger partial charge >= 0.3 is 0 Å². The highest BCUT2D eigenvalue weighted by Crippen LogP contribution is 2.23. The van der Waals surface area contributed by atoms with Crippen LogP contribution in [0, 0.1) is 11.3 Å². The van der Waals surface area contributed by atoms with Crippen molar-refractivity contribution in [1.29, 1.82) is 5.26 Å². The molecule has 102 valence electrons. The molecule has 4 heteroatoms. The van der Waals surface area contributed by atoms with Crippen molar-refractivity contribution in [1.82, 2.24) is 4.98 Å². The SMILES string of the molecule is CC(Nc1nc2ccccc2cc1C#N)C1CCCO1. The summed E-state index contributed by atoms with van der Waals surface area (Å²) >= 11 is 0. The van der Waals surface area contributed by atoms with Gasteiger partial charge in [-0.05, 0) is 31.9 Å². The molecule has 1 N–H and O–H groups in total. The van der Waals surface area contributed by atoms with Crippen molar-refractivity contribution in [2.24, 2.45) is 0 Å². The summed E-state index contributed by atoms with van der Waals surface area (Å²) in [6, 6.07) is 12.1. The maximum Gasteiger partial charge on any atom is 0.144 e. The van der Waals surface area contributed by atoms with E-state index in [0.29, 0.717) is 11.4 Å². The van der Waals surface area contributed by atoms with Crippen molar-refractivity contribution in [3.8, 4) is 6.07 Å². The summed E-state index contributed by atoms with van der Waals surface area (Å²) in [5, 5.41) is 13.6. The molecule has 0 aliphatic carbocycles. The number of anilines is 1. The highest BCUT2D eigenvalue weighted by Gasteiger charge is 2.23. The normalized spacial score (nSPS) is 19.7. The first-order chi connectivity index (χ1) is 9.78. The van der Waals surface area contributed by atoms with E-state index in [2.05, 4.69) is 23.3 Å². The largest absolute Gasteiger partial charge is 0.376 e. The summed E-state index contributed by atoms with van der Waals surface area (Å²) < 4.78 is 5.67. The number of para-hydroxylation sites is 1. The van der Waals surface area contributed by atoms with Crippen LogP contribution in [0.3, 0.4) is 0 Å². The van der Waals surface area contributed by atoms with Gasteiger partial charge in [0.1, 0.15) is 11.9 Å². The van der Waals surface area contributed by atoms with Gasteiger partial charge in [-0.3, -0.25) is 0 Å². The molecule has 1 aliphatic heterocycles. The molecule has 0 spiro atoms. The molecule has 1 fully saturated rings. The first-order valence-corrected chi connectivity index (χ1v) is 6.96. The number of fused-ring (bicyclic) bond motifs is 1. The lowest BCUT2D eigenvalue weighted by molar-refractivity contribution is 0.0995. The van der Waals surface area contributed by atoms with E-state index in [-0.39, 0.29) is 12.1 Å². The number of nitrogens with one attached hydrogen (secondary N) is 1. The first-order valence-electron chi connectivity index (χ1n) is 6.96. The van der Waals surface area contributed by atoms with Crippen LogP contribution < -0.4 is 5.32 Å². The van der Waals surface area contributed by atoms with Gasteiger partial charge in [-0.15, -0.1) is 0 Å². The van der Waals surface area contributed by atoms with Crippen LogP contribution in [0.1, 0.15) is 25.3 Å². The highest BCUT2D eigenvalue weighted by molar-refractivity contribution is 5.82. The van der Waals surface area contributed by atoms with Gasteiger partial charge in [-0.2, -0.15) is 5.26 Å². The van der Waals surface area contributed by atoms with Crippen LogP contribution in [0.15, 0.2) is 30.3 Å². The maximum absolute atomic E-state index is 9.29.